The van der Waals surface area contributed by atoms with Crippen molar-refractivity contribution in [3.8, 4) is 0 Å². The molecule has 0 saturated heterocycles. The SMILES string of the molecule is CCCCCCCC/C=C/CCCCCCCC(=O)N[C@@H](COP(=O)(O)OCC[N+](C)(C)C)[C@H](O)/C=C/CCCCCCCCCCCC. The molecule has 0 bridgehead atoms. The molecule has 1 unspecified atom stereocenters. The Kier molecular flexibility index (Phi) is 32.2. The van der Waals surface area contributed by atoms with Crippen LogP contribution in [0.1, 0.15) is 174 Å². The number of unbranched alkanes of at least 4 members (excludes halogenated alkanes) is 21. The van der Waals surface area contributed by atoms with Gasteiger partial charge in [0.15, 0.2) is 0 Å². The average Bonchev–Trinajstić information content (AvgIpc) is 3.04. The number of likely N-dealkylation sites (N-methyl/N-ethyl adjacent to an activating group) is 1. The van der Waals surface area contributed by atoms with E-state index in [1.165, 1.54) is 103 Å². The number of phosphoric acid groups is 1. The van der Waals surface area contributed by atoms with E-state index < -0.39 is 20.0 Å². The van der Waals surface area contributed by atoms with Crippen LogP contribution in [0, 0.1) is 0 Å². The van der Waals surface area contributed by atoms with Crippen LogP contribution >= 0.6 is 7.82 Å². The molecule has 0 aromatic carbocycles. The normalized spacial score (nSPS) is 14.8. The number of hydrogen-bond donors (Lipinski definition) is 3. The van der Waals surface area contributed by atoms with Crippen LogP contribution in [0.3, 0.4) is 0 Å². The van der Waals surface area contributed by atoms with Crippen LogP contribution in [0.5, 0.6) is 0 Å². The van der Waals surface area contributed by atoms with Crippen molar-refractivity contribution in [2.75, 3.05) is 40.9 Å². The quantitative estimate of drug-likeness (QED) is 0.0258. The van der Waals surface area contributed by atoms with Gasteiger partial charge in [-0.2, -0.15) is 0 Å². The van der Waals surface area contributed by atoms with Gasteiger partial charge in [0, 0.05) is 6.42 Å². The van der Waals surface area contributed by atoms with Crippen LogP contribution in [0.25, 0.3) is 0 Å². The molecule has 1 amide bonds. The maximum absolute atomic E-state index is 12.8. The Labute approximate surface area is 303 Å². The van der Waals surface area contributed by atoms with Gasteiger partial charge in [0.05, 0.1) is 39.9 Å². The molecule has 3 N–H and O–H groups in total. The Bertz CT molecular complexity index is 860. The molecule has 0 fully saturated rings. The van der Waals surface area contributed by atoms with Gasteiger partial charge in [-0.1, -0.05) is 147 Å². The number of nitrogens with zero attached hydrogens (tertiary/aromatic N) is 1. The molecule has 0 saturated carbocycles. The molecule has 0 aromatic rings. The smallest absolute Gasteiger partial charge is 0.387 e. The van der Waals surface area contributed by atoms with Gasteiger partial charge < -0.3 is 19.8 Å². The highest BCUT2D eigenvalue weighted by Crippen LogP contribution is 2.43. The van der Waals surface area contributed by atoms with E-state index in [2.05, 4.69) is 31.3 Å². The summed E-state index contributed by atoms with van der Waals surface area (Å²) in [4.78, 5) is 23.0. The minimum atomic E-state index is -4.33. The van der Waals surface area contributed by atoms with Crippen molar-refractivity contribution in [2.45, 2.75) is 187 Å². The second-order valence-electron chi connectivity index (χ2n) is 15.0. The lowest BCUT2D eigenvalue weighted by atomic mass is 10.1. The first-order chi connectivity index (χ1) is 23.5. The fourth-order valence-corrected chi connectivity index (χ4v) is 6.36. The molecule has 49 heavy (non-hydrogen) atoms. The minimum absolute atomic E-state index is 0.0606. The molecule has 0 aliphatic heterocycles. The first-order valence-corrected chi connectivity index (χ1v) is 21.7. The monoisotopic (exact) mass is 716 g/mol. The number of phosphoric ester groups is 1. The van der Waals surface area contributed by atoms with Crippen molar-refractivity contribution < 1.29 is 32.9 Å². The van der Waals surface area contributed by atoms with Gasteiger partial charge in [0.2, 0.25) is 5.91 Å². The molecule has 0 radical (unpaired) electrons. The Hall–Kier alpha value is -1.02. The van der Waals surface area contributed by atoms with Gasteiger partial charge in [-0.3, -0.25) is 13.8 Å². The molecule has 8 nitrogen and oxygen atoms in total. The maximum Gasteiger partial charge on any atom is 0.472 e. The molecule has 0 heterocycles. The van der Waals surface area contributed by atoms with Crippen molar-refractivity contribution in [3.63, 3.8) is 0 Å². The van der Waals surface area contributed by atoms with Crippen LogP contribution in [0.4, 0.5) is 0 Å². The lowest BCUT2D eigenvalue weighted by Gasteiger charge is -2.25. The lowest BCUT2D eigenvalue weighted by Crippen LogP contribution is -2.45. The summed E-state index contributed by atoms with van der Waals surface area (Å²) in [6.45, 7) is 4.78. The third-order valence-corrected chi connectivity index (χ3v) is 9.90. The van der Waals surface area contributed by atoms with E-state index in [0.29, 0.717) is 17.4 Å². The number of carbonyl (C=O) groups excluding carboxylic acids is 1. The molecule has 0 rings (SSSR count). The van der Waals surface area contributed by atoms with Crippen molar-refractivity contribution in [3.05, 3.63) is 24.3 Å². The zero-order valence-corrected chi connectivity index (χ0v) is 33.6. The molecule has 0 spiro atoms. The summed E-state index contributed by atoms with van der Waals surface area (Å²) < 4.78 is 23.5. The zero-order chi connectivity index (χ0) is 36.5. The molecular formula is C40H80N2O6P+. The summed E-state index contributed by atoms with van der Waals surface area (Å²) in [7, 11) is 1.57. The van der Waals surface area contributed by atoms with E-state index in [0.717, 1.165) is 51.4 Å². The number of carbonyl (C=O) groups is 1. The lowest BCUT2D eigenvalue weighted by molar-refractivity contribution is -0.870. The van der Waals surface area contributed by atoms with Gasteiger partial charge in [0.25, 0.3) is 0 Å². The number of quaternary nitrogens is 1. The Morgan fingerprint density at radius 1 is 0.673 bits per heavy atom. The highest BCUT2D eigenvalue weighted by molar-refractivity contribution is 7.47. The molecule has 0 aliphatic carbocycles. The van der Waals surface area contributed by atoms with E-state index in [9.17, 15) is 19.4 Å². The summed E-state index contributed by atoms with van der Waals surface area (Å²) in [6, 6.07) is -0.845. The molecule has 0 aromatic heterocycles. The number of hydrogen-bond acceptors (Lipinski definition) is 5. The summed E-state index contributed by atoms with van der Waals surface area (Å²) in [5, 5.41) is 13.7. The molecular weight excluding hydrogens is 635 g/mol. The van der Waals surface area contributed by atoms with E-state index in [4.69, 9.17) is 9.05 Å². The van der Waals surface area contributed by atoms with E-state index >= 15 is 0 Å². The number of aliphatic hydroxyl groups excluding tert-OH is 1. The van der Waals surface area contributed by atoms with Gasteiger partial charge in [-0.25, -0.2) is 4.57 Å². The van der Waals surface area contributed by atoms with E-state index in [1.807, 2.05) is 27.2 Å². The fraction of sp³-hybridized carbons (Fsp3) is 0.875. The Morgan fingerprint density at radius 3 is 1.57 bits per heavy atom. The number of amides is 1. The zero-order valence-electron chi connectivity index (χ0n) is 32.7. The number of nitrogens with one attached hydrogen (secondary N) is 1. The standard InChI is InChI=1S/C40H79N2O6P/c1-6-8-10-12-14-16-18-20-21-22-24-26-28-30-32-34-40(44)41-38(37-48-49(45,46)47-36-35-42(3,4)5)39(43)33-31-29-27-25-23-19-17-15-13-11-9-7-2/h20-21,31,33,38-39,43H,6-19,22-30,32,34-37H2,1-5H3,(H-,41,44,45,46)/p+1/b21-20+,33-31+/t38-,39+/m0/s1. The van der Waals surface area contributed by atoms with Gasteiger partial charge in [-0.05, 0) is 44.9 Å². The predicted molar refractivity (Wildman–Crippen MR) is 208 cm³/mol. The van der Waals surface area contributed by atoms with Crippen molar-refractivity contribution in [2.24, 2.45) is 0 Å². The molecule has 9 heteroatoms. The second-order valence-corrected chi connectivity index (χ2v) is 16.5. The van der Waals surface area contributed by atoms with Crippen LogP contribution in [-0.4, -0.2) is 73.4 Å². The van der Waals surface area contributed by atoms with Crippen LogP contribution in [0.15, 0.2) is 24.3 Å². The number of allylic oxidation sites excluding steroid dienone is 3. The molecule has 290 valence electrons. The van der Waals surface area contributed by atoms with Gasteiger partial charge in [0.1, 0.15) is 13.2 Å². The Morgan fingerprint density at radius 2 is 1.10 bits per heavy atom. The van der Waals surface area contributed by atoms with Gasteiger partial charge in [-0.15, -0.1) is 0 Å². The third kappa shape index (κ3) is 35.2. The Balaban J connectivity index is 4.51. The third-order valence-electron chi connectivity index (χ3n) is 8.92. The minimum Gasteiger partial charge on any atom is -0.387 e. The summed E-state index contributed by atoms with van der Waals surface area (Å²) in [5.74, 6) is -0.188. The summed E-state index contributed by atoms with van der Waals surface area (Å²) in [5.41, 5.74) is 0. The topological polar surface area (TPSA) is 105 Å². The first-order valence-electron chi connectivity index (χ1n) is 20.2. The van der Waals surface area contributed by atoms with Crippen molar-refractivity contribution in [1.29, 1.82) is 0 Å². The number of aliphatic hydroxyl groups is 1. The summed E-state index contributed by atoms with van der Waals surface area (Å²) in [6.07, 6.45) is 36.6. The van der Waals surface area contributed by atoms with Crippen molar-refractivity contribution >= 4 is 13.7 Å². The van der Waals surface area contributed by atoms with E-state index in [-0.39, 0.29) is 19.1 Å². The van der Waals surface area contributed by atoms with Gasteiger partial charge >= 0.3 is 7.82 Å². The van der Waals surface area contributed by atoms with Crippen LogP contribution < -0.4 is 5.32 Å². The highest BCUT2D eigenvalue weighted by atomic mass is 31.2. The van der Waals surface area contributed by atoms with Crippen molar-refractivity contribution in [1.82, 2.24) is 5.32 Å². The summed E-state index contributed by atoms with van der Waals surface area (Å²) >= 11 is 0. The van der Waals surface area contributed by atoms with Crippen LogP contribution in [-0.2, 0) is 18.4 Å². The molecule has 0 aliphatic rings. The highest BCUT2D eigenvalue weighted by Gasteiger charge is 2.27. The first kappa shape index (κ1) is 48.0. The predicted octanol–water partition coefficient (Wildman–Crippen LogP) is 10.6. The second kappa shape index (κ2) is 32.9. The largest absolute Gasteiger partial charge is 0.472 e. The fourth-order valence-electron chi connectivity index (χ4n) is 5.62. The average molecular weight is 716 g/mol. The number of rotatable bonds is 36. The van der Waals surface area contributed by atoms with E-state index in [1.54, 1.807) is 6.08 Å². The van der Waals surface area contributed by atoms with Crippen LogP contribution in [0.2, 0.25) is 0 Å². The maximum atomic E-state index is 12.8. The molecule has 3 atom stereocenters.